The molecule has 0 aliphatic rings. The zero-order valence-corrected chi connectivity index (χ0v) is 50.6. The molecule has 0 aliphatic carbocycles. The molecule has 0 aliphatic heterocycles. The Morgan fingerprint density at radius 1 is 0.370 bits per heavy atom. The second-order valence-corrected chi connectivity index (χ2v) is 25.0. The summed E-state index contributed by atoms with van der Waals surface area (Å²) in [7, 11) is 1.50. The molecule has 0 rings (SSSR count). The van der Waals surface area contributed by atoms with Crippen molar-refractivity contribution in [3.8, 4) is 0 Å². The SMILES string of the molecule is CCCCCCCCCCCCCCCCCCCCCCCCCCCCCC(=O)OC(COC(=O)CCCCCCCCCCCCCCCCCCCCCCCC)COP(=O)(O)OCC[N+](C)(C)C. The van der Waals surface area contributed by atoms with Crippen LogP contribution in [0.1, 0.15) is 341 Å². The number of phosphoric acid groups is 1. The van der Waals surface area contributed by atoms with Crippen LogP contribution >= 0.6 is 7.82 Å². The van der Waals surface area contributed by atoms with E-state index in [1.54, 1.807) is 0 Å². The maximum atomic E-state index is 12.8. The average molecular weight is 1060 g/mol. The fraction of sp³-hybridized carbons (Fsp3) is 0.968. The van der Waals surface area contributed by atoms with Crippen LogP contribution in [0.25, 0.3) is 0 Å². The number of rotatable bonds is 61. The van der Waals surface area contributed by atoms with Crippen molar-refractivity contribution in [1.82, 2.24) is 0 Å². The molecule has 1 N–H and O–H groups in total. The van der Waals surface area contributed by atoms with Crippen molar-refractivity contribution < 1.29 is 42.1 Å². The van der Waals surface area contributed by atoms with Gasteiger partial charge in [0.1, 0.15) is 19.8 Å². The van der Waals surface area contributed by atoms with Crippen molar-refractivity contribution in [1.29, 1.82) is 0 Å². The van der Waals surface area contributed by atoms with Crippen LogP contribution in [0.5, 0.6) is 0 Å². The topological polar surface area (TPSA) is 108 Å². The number of esters is 2. The number of carbonyl (C=O) groups excluding carboxylic acids is 2. The second-order valence-electron chi connectivity index (χ2n) is 23.5. The molecule has 2 atom stereocenters. The van der Waals surface area contributed by atoms with E-state index in [-0.39, 0.29) is 25.6 Å². The van der Waals surface area contributed by atoms with Crippen LogP contribution in [0.2, 0.25) is 0 Å². The lowest BCUT2D eigenvalue weighted by atomic mass is 10.0. The molecule has 0 fully saturated rings. The molecule has 436 valence electrons. The molecule has 2 unspecified atom stereocenters. The lowest BCUT2D eigenvalue weighted by Crippen LogP contribution is -2.37. The fourth-order valence-electron chi connectivity index (χ4n) is 9.90. The van der Waals surface area contributed by atoms with Crippen molar-refractivity contribution in [2.24, 2.45) is 0 Å². The van der Waals surface area contributed by atoms with E-state index in [2.05, 4.69) is 13.8 Å². The van der Waals surface area contributed by atoms with Gasteiger partial charge in [-0.15, -0.1) is 0 Å². The minimum Gasteiger partial charge on any atom is -0.462 e. The average Bonchev–Trinajstić information content (AvgIpc) is 3.35. The van der Waals surface area contributed by atoms with Gasteiger partial charge in [0.15, 0.2) is 6.10 Å². The number of hydrogen-bond donors (Lipinski definition) is 1. The van der Waals surface area contributed by atoms with Crippen LogP contribution in [0.15, 0.2) is 0 Å². The molecule has 10 heteroatoms. The first kappa shape index (κ1) is 72.0. The molecule has 0 amide bonds. The number of ether oxygens (including phenoxy) is 2. The van der Waals surface area contributed by atoms with Crippen LogP contribution in [0.3, 0.4) is 0 Å². The van der Waals surface area contributed by atoms with Gasteiger partial charge in [-0.2, -0.15) is 0 Å². The lowest BCUT2D eigenvalue weighted by molar-refractivity contribution is -0.870. The molecule has 73 heavy (non-hydrogen) atoms. The summed E-state index contributed by atoms with van der Waals surface area (Å²) < 4.78 is 34.7. The molecule has 9 nitrogen and oxygen atoms in total. The standard InChI is InChI=1S/C63H126NO8P/c1-6-8-10-12-14-16-18-20-22-24-26-28-30-31-32-33-34-36-38-40-42-44-46-48-50-52-54-56-63(66)72-61(60-71-73(67,68)70-58-57-64(3,4)5)59-69-62(65)55-53-51-49-47-45-43-41-39-37-35-29-27-25-23-21-19-17-15-13-11-9-7-2/h61H,6-60H2,1-5H3/p+1. The Bertz CT molecular complexity index is 1200. The zero-order chi connectivity index (χ0) is 53.5. The normalized spacial score (nSPS) is 13.1. The van der Waals surface area contributed by atoms with Crippen LogP contribution in [0, 0.1) is 0 Å². The van der Waals surface area contributed by atoms with Gasteiger partial charge in [-0.1, -0.05) is 316 Å². The van der Waals surface area contributed by atoms with Crippen LogP contribution in [-0.4, -0.2) is 74.9 Å². The van der Waals surface area contributed by atoms with Crippen molar-refractivity contribution in [2.45, 2.75) is 347 Å². The quantitative estimate of drug-likeness (QED) is 0.0278. The number of unbranched alkanes of at least 4 members (excludes halogenated alkanes) is 47. The Kier molecular flexibility index (Phi) is 55.0. The third-order valence-electron chi connectivity index (χ3n) is 14.9. The third-order valence-corrected chi connectivity index (χ3v) is 15.9. The zero-order valence-electron chi connectivity index (χ0n) is 49.7. The molecule has 0 radical (unpaired) electrons. The number of carbonyl (C=O) groups is 2. The van der Waals surface area contributed by atoms with Crippen molar-refractivity contribution >= 4 is 19.8 Å². The number of hydrogen-bond acceptors (Lipinski definition) is 7. The molecular weight excluding hydrogens is 930 g/mol. The first-order chi connectivity index (χ1) is 35.5. The van der Waals surface area contributed by atoms with Gasteiger partial charge in [-0.05, 0) is 12.8 Å². The predicted molar refractivity (Wildman–Crippen MR) is 312 cm³/mol. The van der Waals surface area contributed by atoms with Crippen molar-refractivity contribution in [3.63, 3.8) is 0 Å². The minimum absolute atomic E-state index is 0.0376. The summed E-state index contributed by atoms with van der Waals surface area (Å²) >= 11 is 0. The van der Waals surface area contributed by atoms with Gasteiger partial charge in [-0.25, -0.2) is 4.57 Å². The van der Waals surface area contributed by atoms with E-state index in [1.165, 1.54) is 276 Å². The second kappa shape index (κ2) is 55.8. The summed E-state index contributed by atoms with van der Waals surface area (Å²) in [6.07, 6.45) is 64.8. The van der Waals surface area contributed by atoms with Crippen LogP contribution in [0.4, 0.5) is 0 Å². The first-order valence-electron chi connectivity index (χ1n) is 32.3. The van der Waals surface area contributed by atoms with E-state index in [4.69, 9.17) is 18.5 Å². The van der Waals surface area contributed by atoms with Gasteiger partial charge in [0.25, 0.3) is 0 Å². The maximum absolute atomic E-state index is 12.8. The number of likely N-dealkylation sites (N-methyl/N-ethyl adjacent to an activating group) is 1. The fourth-order valence-corrected chi connectivity index (χ4v) is 10.6. The van der Waals surface area contributed by atoms with Gasteiger partial charge in [0.05, 0.1) is 27.7 Å². The Balaban J connectivity index is 4.03. The maximum Gasteiger partial charge on any atom is 0.472 e. The highest BCUT2D eigenvalue weighted by Crippen LogP contribution is 2.43. The summed E-state index contributed by atoms with van der Waals surface area (Å²) in [5.74, 6) is -0.770. The van der Waals surface area contributed by atoms with E-state index in [9.17, 15) is 19.0 Å². The number of nitrogens with zero attached hydrogens (tertiary/aromatic N) is 1. The van der Waals surface area contributed by atoms with E-state index >= 15 is 0 Å². The summed E-state index contributed by atoms with van der Waals surface area (Å²) in [6.45, 7) is 4.52. The van der Waals surface area contributed by atoms with E-state index in [1.807, 2.05) is 21.1 Å². The highest BCUT2D eigenvalue weighted by molar-refractivity contribution is 7.47. The van der Waals surface area contributed by atoms with Gasteiger partial charge in [0.2, 0.25) is 0 Å². The lowest BCUT2D eigenvalue weighted by Gasteiger charge is -2.24. The largest absolute Gasteiger partial charge is 0.472 e. The molecule has 0 saturated heterocycles. The molecule has 0 aromatic heterocycles. The highest BCUT2D eigenvalue weighted by atomic mass is 31.2. The Morgan fingerprint density at radius 3 is 0.877 bits per heavy atom. The number of quaternary nitrogens is 1. The van der Waals surface area contributed by atoms with E-state index < -0.39 is 26.5 Å². The molecule has 0 heterocycles. The Morgan fingerprint density at radius 2 is 0.616 bits per heavy atom. The molecular formula is C63H127NO8P+. The van der Waals surface area contributed by atoms with Crippen molar-refractivity contribution in [3.05, 3.63) is 0 Å². The minimum atomic E-state index is -4.38. The molecule has 0 saturated carbocycles. The summed E-state index contributed by atoms with van der Waals surface area (Å²) in [5, 5.41) is 0. The predicted octanol–water partition coefficient (Wildman–Crippen LogP) is 20.2. The number of phosphoric ester groups is 1. The van der Waals surface area contributed by atoms with E-state index in [0.29, 0.717) is 17.4 Å². The summed E-state index contributed by atoms with van der Waals surface area (Å²) in [5.41, 5.74) is 0. The summed E-state index contributed by atoms with van der Waals surface area (Å²) in [6, 6.07) is 0. The molecule has 0 aromatic rings. The molecule has 0 spiro atoms. The molecule has 0 bridgehead atoms. The van der Waals surface area contributed by atoms with Gasteiger partial charge in [0, 0.05) is 12.8 Å². The monoisotopic (exact) mass is 1060 g/mol. The first-order valence-corrected chi connectivity index (χ1v) is 33.8. The van der Waals surface area contributed by atoms with Crippen LogP contribution < -0.4 is 0 Å². The Hall–Kier alpha value is -0.990. The smallest absolute Gasteiger partial charge is 0.462 e. The molecule has 0 aromatic carbocycles. The Labute approximate surface area is 454 Å². The van der Waals surface area contributed by atoms with Crippen molar-refractivity contribution in [2.75, 3.05) is 47.5 Å². The van der Waals surface area contributed by atoms with Gasteiger partial charge in [-0.3, -0.25) is 18.6 Å². The van der Waals surface area contributed by atoms with Gasteiger partial charge < -0.3 is 18.9 Å². The third kappa shape index (κ3) is 60.1. The highest BCUT2D eigenvalue weighted by Gasteiger charge is 2.27. The van der Waals surface area contributed by atoms with E-state index in [0.717, 1.165) is 38.5 Å². The van der Waals surface area contributed by atoms with Gasteiger partial charge >= 0.3 is 19.8 Å². The van der Waals surface area contributed by atoms with Crippen LogP contribution in [-0.2, 0) is 32.7 Å². The summed E-state index contributed by atoms with van der Waals surface area (Å²) in [4.78, 5) is 35.8.